The van der Waals surface area contributed by atoms with Crippen molar-refractivity contribution in [3.05, 3.63) is 0 Å². The van der Waals surface area contributed by atoms with Gasteiger partial charge in [0.25, 0.3) is 0 Å². The predicted octanol–water partition coefficient (Wildman–Crippen LogP) is 1.40. The lowest BCUT2D eigenvalue weighted by Gasteiger charge is -2.20. The zero-order valence-corrected chi connectivity index (χ0v) is 9.27. The highest BCUT2D eigenvalue weighted by Crippen LogP contribution is 2.33. The van der Waals surface area contributed by atoms with Crippen LogP contribution in [0.5, 0.6) is 0 Å². The molecule has 0 aliphatic heterocycles. The Morgan fingerprint density at radius 3 is 2.44 bits per heavy atom. The molecule has 0 aromatic carbocycles. The van der Waals surface area contributed by atoms with Gasteiger partial charge in [0.05, 0.1) is 0 Å². The summed E-state index contributed by atoms with van der Waals surface area (Å²) in [7, 11) is 1.42. The normalized spacial score (nSPS) is 31.4. The second-order valence-corrected chi connectivity index (χ2v) is 4.53. The number of nitrogens with zero attached hydrogens (tertiary/aromatic N) is 1. The molecule has 0 saturated heterocycles. The van der Waals surface area contributed by atoms with E-state index in [0.717, 1.165) is 4.90 Å². The van der Waals surface area contributed by atoms with Gasteiger partial charge in [0.1, 0.15) is 12.3 Å². The summed E-state index contributed by atoms with van der Waals surface area (Å²) in [5.41, 5.74) is 5.73. The average molecular weight is 236 g/mol. The molecule has 1 amide bonds. The van der Waals surface area contributed by atoms with E-state index in [-0.39, 0.29) is 31.3 Å². The largest absolute Gasteiger partial charge is 0.465 e. The van der Waals surface area contributed by atoms with Crippen LogP contribution in [0, 0.1) is 5.92 Å². The first-order valence-electron chi connectivity index (χ1n) is 5.38. The van der Waals surface area contributed by atoms with Crippen molar-refractivity contribution in [3.63, 3.8) is 0 Å². The highest BCUT2D eigenvalue weighted by atomic mass is 19.2. The number of nitrogens with two attached hydrogens (primary N) is 1. The Hall–Kier alpha value is -0.910. The molecule has 1 aliphatic carbocycles. The summed E-state index contributed by atoms with van der Waals surface area (Å²) >= 11 is 0. The third-order valence-corrected chi connectivity index (χ3v) is 2.98. The molecule has 1 rings (SSSR count). The van der Waals surface area contributed by atoms with Crippen LogP contribution in [-0.2, 0) is 0 Å². The van der Waals surface area contributed by atoms with Crippen molar-refractivity contribution in [2.75, 3.05) is 13.6 Å². The summed E-state index contributed by atoms with van der Waals surface area (Å²) in [6.07, 6.45) is -2.94. The highest BCUT2D eigenvalue weighted by molar-refractivity contribution is 5.64. The predicted molar refractivity (Wildman–Crippen MR) is 55.8 cm³/mol. The summed E-state index contributed by atoms with van der Waals surface area (Å²) in [5.74, 6) is -0.0674. The zero-order valence-electron chi connectivity index (χ0n) is 9.27. The topological polar surface area (TPSA) is 66.6 Å². The van der Waals surface area contributed by atoms with Crippen molar-refractivity contribution in [2.24, 2.45) is 11.7 Å². The molecule has 0 aromatic rings. The minimum absolute atomic E-state index is 0.0674. The van der Waals surface area contributed by atoms with Crippen molar-refractivity contribution in [1.29, 1.82) is 0 Å². The smallest absolute Gasteiger partial charge is 0.407 e. The van der Waals surface area contributed by atoms with E-state index < -0.39 is 18.4 Å². The fraction of sp³-hybridized carbons (Fsp3) is 0.900. The maximum Gasteiger partial charge on any atom is 0.407 e. The van der Waals surface area contributed by atoms with Crippen LogP contribution in [-0.4, -0.2) is 48.1 Å². The second kappa shape index (κ2) is 5.43. The first kappa shape index (κ1) is 13.2. The molecule has 0 heterocycles. The van der Waals surface area contributed by atoms with Crippen LogP contribution in [0.3, 0.4) is 0 Å². The lowest BCUT2D eigenvalue weighted by molar-refractivity contribution is 0.151. The van der Waals surface area contributed by atoms with E-state index in [1.165, 1.54) is 7.05 Å². The van der Waals surface area contributed by atoms with Crippen molar-refractivity contribution in [1.82, 2.24) is 4.90 Å². The monoisotopic (exact) mass is 236 g/mol. The molecule has 1 fully saturated rings. The van der Waals surface area contributed by atoms with Gasteiger partial charge in [-0.15, -0.1) is 0 Å². The number of carboxylic acid groups (broad SMARTS) is 1. The van der Waals surface area contributed by atoms with Gasteiger partial charge in [-0.3, -0.25) is 0 Å². The van der Waals surface area contributed by atoms with Gasteiger partial charge in [-0.1, -0.05) is 0 Å². The molecular formula is C10H18F2N2O2. The summed E-state index contributed by atoms with van der Waals surface area (Å²) < 4.78 is 25.8. The Labute approximate surface area is 93.4 Å². The number of halogens is 2. The van der Waals surface area contributed by atoms with Crippen LogP contribution in [0.25, 0.3) is 0 Å². The van der Waals surface area contributed by atoms with Crippen LogP contribution in [0.4, 0.5) is 13.6 Å². The van der Waals surface area contributed by atoms with E-state index in [9.17, 15) is 13.6 Å². The van der Waals surface area contributed by atoms with E-state index in [2.05, 4.69) is 0 Å². The molecule has 0 radical (unpaired) electrons. The maximum atomic E-state index is 12.9. The molecule has 3 N–H and O–H groups in total. The Balaban J connectivity index is 2.30. The number of alkyl halides is 2. The number of carbonyl (C=O) groups is 1. The van der Waals surface area contributed by atoms with Gasteiger partial charge < -0.3 is 15.7 Å². The molecule has 4 nitrogen and oxygen atoms in total. The standard InChI is InChI=1S/C10H18F2N2O2/c1-14(10(15)16)5-7(13)2-6-3-8(11)9(12)4-6/h6-9H,2-5,13H2,1H3,(H,15,16)/t6?,7-,8-,9+/m0/s1. The molecule has 1 saturated carbocycles. The maximum absolute atomic E-state index is 12.9. The number of hydrogen-bond donors (Lipinski definition) is 2. The van der Waals surface area contributed by atoms with Crippen molar-refractivity contribution >= 4 is 6.09 Å². The van der Waals surface area contributed by atoms with Gasteiger partial charge in [0.2, 0.25) is 0 Å². The molecule has 1 unspecified atom stereocenters. The number of likely N-dealkylation sites (N-methyl/N-ethyl adjacent to an activating group) is 1. The summed E-state index contributed by atoms with van der Waals surface area (Å²) in [4.78, 5) is 11.6. The molecule has 1 aliphatic rings. The highest BCUT2D eigenvalue weighted by Gasteiger charge is 2.35. The SMILES string of the molecule is CN(C[C@@H](N)CC1C[C@@H](F)[C@@H](F)C1)C(=O)O. The van der Waals surface area contributed by atoms with Crippen molar-refractivity contribution in [3.8, 4) is 0 Å². The first-order chi connectivity index (χ1) is 7.40. The Bertz CT molecular complexity index is 243. The third-order valence-electron chi connectivity index (χ3n) is 2.98. The molecule has 94 valence electrons. The Kier molecular flexibility index (Phi) is 4.46. The van der Waals surface area contributed by atoms with Gasteiger partial charge in [-0.25, -0.2) is 13.6 Å². The van der Waals surface area contributed by atoms with E-state index >= 15 is 0 Å². The zero-order chi connectivity index (χ0) is 12.3. The molecule has 4 atom stereocenters. The van der Waals surface area contributed by atoms with Gasteiger partial charge in [0.15, 0.2) is 0 Å². The lowest BCUT2D eigenvalue weighted by Crippen LogP contribution is -2.39. The second-order valence-electron chi connectivity index (χ2n) is 4.53. The number of hydrogen-bond acceptors (Lipinski definition) is 2. The van der Waals surface area contributed by atoms with Gasteiger partial charge in [-0.05, 0) is 25.2 Å². The van der Waals surface area contributed by atoms with E-state index in [1.807, 2.05) is 0 Å². The van der Waals surface area contributed by atoms with Gasteiger partial charge in [0, 0.05) is 19.6 Å². The minimum Gasteiger partial charge on any atom is -0.465 e. The molecule has 0 spiro atoms. The molecule has 6 heteroatoms. The molecular weight excluding hydrogens is 218 g/mol. The van der Waals surface area contributed by atoms with E-state index in [1.54, 1.807) is 0 Å². The Morgan fingerprint density at radius 2 is 2.00 bits per heavy atom. The number of amides is 1. The minimum atomic E-state index is -1.38. The van der Waals surface area contributed by atoms with Crippen LogP contribution in [0.15, 0.2) is 0 Å². The van der Waals surface area contributed by atoms with Crippen LogP contribution < -0.4 is 5.73 Å². The average Bonchev–Trinajstić information content (AvgIpc) is 2.45. The quantitative estimate of drug-likeness (QED) is 0.775. The third kappa shape index (κ3) is 3.59. The van der Waals surface area contributed by atoms with Gasteiger partial charge in [-0.2, -0.15) is 0 Å². The molecule has 0 aromatic heterocycles. The number of rotatable bonds is 4. The lowest BCUT2D eigenvalue weighted by atomic mass is 9.98. The summed E-state index contributed by atoms with van der Waals surface area (Å²) in [6.45, 7) is 0.194. The van der Waals surface area contributed by atoms with Crippen molar-refractivity contribution in [2.45, 2.75) is 37.6 Å². The van der Waals surface area contributed by atoms with Gasteiger partial charge >= 0.3 is 6.09 Å². The molecule has 16 heavy (non-hydrogen) atoms. The fourth-order valence-corrected chi connectivity index (χ4v) is 2.15. The van der Waals surface area contributed by atoms with Crippen LogP contribution in [0.1, 0.15) is 19.3 Å². The summed E-state index contributed by atoms with van der Waals surface area (Å²) in [6, 6.07) is -0.358. The van der Waals surface area contributed by atoms with E-state index in [0.29, 0.717) is 6.42 Å². The van der Waals surface area contributed by atoms with Crippen LogP contribution >= 0.6 is 0 Å². The van der Waals surface area contributed by atoms with E-state index in [4.69, 9.17) is 10.8 Å². The van der Waals surface area contributed by atoms with Crippen molar-refractivity contribution < 1.29 is 18.7 Å². The van der Waals surface area contributed by atoms with Crippen LogP contribution in [0.2, 0.25) is 0 Å². The molecule has 0 bridgehead atoms. The fourth-order valence-electron chi connectivity index (χ4n) is 2.15. The Morgan fingerprint density at radius 1 is 1.50 bits per heavy atom. The first-order valence-corrected chi connectivity index (χ1v) is 5.38. The summed E-state index contributed by atoms with van der Waals surface area (Å²) in [5, 5.41) is 8.63.